The molecule has 0 saturated heterocycles. The molecule has 0 atom stereocenters. The standard InChI is InChI=1S/C14H21N3O2/c1-14(5-3-2-4-6-14)9-17-12-11(13(18)19)7-10(15)8-16-12/h7-8H,2-6,9,15H2,1H3,(H,16,17)(H,18,19). The molecule has 1 aliphatic carbocycles. The molecule has 0 unspecified atom stereocenters. The van der Waals surface area contributed by atoms with Gasteiger partial charge in [-0.2, -0.15) is 0 Å². The summed E-state index contributed by atoms with van der Waals surface area (Å²) in [6.07, 6.45) is 7.64. The predicted molar refractivity (Wildman–Crippen MR) is 75.3 cm³/mol. The van der Waals surface area contributed by atoms with Gasteiger partial charge >= 0.3 is 5.97 Å². The van der Waals surface area contributed by atoms with Crippen LogP contribution in [0.25, 0.3) is 0 Å². The van der Waals surface area contributed by atoms with Crippen LogP contribution in [-0.2, 0) is 0 Å². The molecule has 0 amide bonds. The molecule has 4 N–H and O–H groups in total. The quantitative estimate of drug-likeness (QED) is 0.777. The number of carbonyl (C=O) groups is 1. The Morgan fingerprint density at radius 1 is 1.47 bits per heavy atom. The van der Waals surface area contributed by atoms with Gasteiger partial charge in [0.05, 0.1) is 11.9 Å². The van der Waals surface area contributed by atoms with Crippen LogP contribution in [0.5, 0.6) is 0 Å². The highest BCUT2D eigenvalue weighted by molar-refractivity contribution is 5.94. The van der Waals surface area contributed by atoms with E-state index in [9.17, 15) is 4.79 Å². The van der Waals surface area contributed by atoms with Gasteiger partial charge in [-0.3, -0.25) is 0 Å². The third-order valence-electron chi connectivity index (χ3n) is 3.88. The zero-order valence-corrected chi connectivity index (χ0v) is 11.3. The minimum Gasteiger partial charge on any atom is -0.478 e. The van der Waals surface area contributed by atoms with Gasteiger partial charge in [0.2, 0.25) is 0 Å². The first-order valence-corrected chi connectivity index (χ1v) is 6.73. The third-order valence-corrected chi connectivity index (χ3v) is 3.88. The second-order valence-corrected chi connectivity index (χ2v) is 5.69. The first-order valence-electron chi connectivity index (χ1n) is 6.73. The van der Waals surface area contributed by atoms with Crippen LogP contribution in [0, 0.1) is 5.41 Å². The van der Waals surface area contributed by atoms with Crippen molar-refractivity contribution >= 4 is 17.5 Å². The van der Waals surface area contributed by atoms with Crippen molar-refractivity contribution in [2.45, 2.75) is 39.0 Å². The minimum absolute atomic E-state index is 0.138. The molecule has 0 bridgehead atoms. The summed E-state index contributed by atoms with van der Waals surface area (Å²) in [5.74, 6) is -0.593. The van der Waals surface area contributed by atoms with Gasteiger partial charge in [-0.25, -0.2) is 9.78 Å². The van der Waals surface area contributed by atoms with E-state index in [0.29, 0.717) is 11.5 Å². The molecule has 104 valence electrons. The summed E-state index contributed by atoms with van der Waals surface area (Å²) >= 11 is 0. The Hall–Kier alpha value is -1.78. The van der Waals surface area contributed by atoms with Crippen LogP contribution in [0.15, 0.2) is 12.3 Å². The molecule has 1 aliphatic rings. The summed E-state index contributed by atoms with van der Waals surface area (Å²) in [6.45, 7) is 3.00. The van der Waals surface area contributed by atoms with E-state index >= 15 is 0 Å². The van der Waals surface area contributed by atoms with Crippen LogP contribution >= 0.6 is 0 Å². The SMILES string of the molecule is CC1(CNc2ncc(N)cc2C(=O)O)CCCCC1. The number of hydrogen-bond donors (Lipinski definition) is 3. The van der Waals surface area contributed by atoms with Crippen LogP contribution in [-0.4, -0.2) is 22.6 Å². The van der Waals surface area contributed by atoms with Crippen LogP contribution in [0.4, 0.5) is 11.5 Å². The van der Waals surface area contributed by atoms with E-state index in [0.717, 1.165) is 6.54 Å². The van der Waals surface area contributed by atoms with Crippen molar-refractivity contribution in [1.82, 2.24) is 4.98 Å². The van der Waals surface area contributed by atoms with E-state index in [-0.39, 0.29) is 11.0 Å². The molecule has 1 aromatic heterocycles. The molecule has 19 heavy (non-hydrogen) atoms. The second-order valence-electron chi connectivity index (χ2n) is 5.69. The Morgan fingerprint density at radius 2 is 2.16 bits per heavy atom. The maximum Gasteiger partial charge on any atom is 0.339 e. The smallest absolute Gasteiger partial charge is 0.339 e. The Bertz CT molecular complexity index is 468. The van der Waals surface area contributed by atoms with Crippen molar-refractivity contribution in [2.75, 3.05) is 17.6 Å². The van der Waals surface area contributed by atoms with Gasteiger partial charge in [0, 0.05) is 6.54 Å². The lowest BCUT2D eigenvalue weighted by Crippen LogP contribution is -2.29. The molecule has 0 aromatic carbocycles. The normalized spacial score (nSPS) is 17.9. The molecule has 1 heterocycles. The van der Waals surface area contributed by atoms with E-state index in [1.165, 1.54) is 44.4 Å². The summed E-state index contributed by atoms with van der Waals surface area (Å²) in [4.78, 5) is 15.3. The number of nitrogens with one attached hydrogen (secondary N) is 1. The number of anilines is 2. The number of nitrogens with zero attached hydrogens (tertiary/aromatic N) is 1. The fourth-order valence-corrected chi connectivity index (χ4v) is 2.66. The largest absolute Gasteiger partial charge is 0.478 e. The fourth-order valence-electron chi connectivity index (χ4n) is 2.66. The van der Waals surface area contributed by atoms with Crippen LogP contribution in [0.1, 0.15) is 49.4 Å². The summed E-state index contributed by atoms with van der Waals surface area (Å²) < 4.78 is 0. The molecule has 1 aromatic rings. The zero-order valence-electron chi connectivity index (χ0n) is 11.3. The monoisotopic (exact) mass is 263 g/mol. The number of carboxylic acid groups (broad SMARTS) is 1. The Balaban J connectivity index is 2.08. The second kappa shape index (κ2) is 5.47. The summed E-state index contributed by atoms with van der Waals surface area (Å²) in [7, 11) is 0. The van der Waals surface area contributed by atoms with Crippen molar-refractivity contribution in [2.24, 2.45) is 5.41 Å². The molecule has 2 rings (SSSR count). The van der Waals surface area contributed by atoms with Crippen molar-refractivity contribution in [1.29, 1.82) is 0 Å². The Labute approximate surface area is 113 Å². The van der Waals surface area contributed by atoms with E-state index < -0.39 is 5.97 Å². The van der Waals surface area contributed by atoms with Gasteiger partial charge in [-0.1, -0.05) is 26.2 Å². The average molecular weight is 263 g/mol. The topological polar surface area (TPSA) is 88.2 Å². The molecule has 5 heteroatoms. The van der Waals surface area contributed by atoms with Gasteiger partial charge in [0.15, 0.2) is 0 Å². The predicted octanol–water partition coefficient (Wildman–Crippen LogP) is 2.74. The lowest BCUT2D eigenvalue weighted by atomic mass is 9.76. The molecule has 0 spiro atoms. The summed E-state index contributed by atoms with van der Waals surface area (Å²) in [6, 6.07) is 1.45. The van der Waals surface area contributed by atoms with E-state index in [4.69, 9.17) is 10.8 Å². The molecular formula is C14H21N3O2. The van der Waals surface area contributed by atoms with Crippen molar-refractivity contribution in [3.8, 4) is 0 Å². The van der Waals surface area contributed by atoms with Crippen molar-refractivity contribution in [3.63, 3.8) is 0 Å². The minimum atomic E-state index is -1.00. The number of aromatic nitrogens is 1. The molecule has 1 saturated carbocycles. The van der Waals surface area contributed by atoms with Crippen molar-refractivity contribution in [3.05, 3.63) is 17.8 Å². The number of nitrogen functional groups attached to an aromatic ring is 1. The highest BCUT2D eigenvalue weighted by Gasteiger charge is 2.27. The Kier molecular flexibility index (Phi) is 3.93. The number of carboxylic acids is 1. The highest BCUT2D eigenvalue weighted by atomic mass is 16.4. The van der Waals surface area contributed by atoms with Gasteiger partial charge < -0.3 is 16.2 Å². The zero-order chi connectivity index (χ0) is 13.9. The van der Waals surface area contributed by atoms with Gasteiger partial charge in [-0.05, 0) is 24.3 Å². The van der Waals surface area contributed by atoms with Gasteiger partial charge in [0.1, 0.15) is 11.4 Å². The maximum atomic E-state index is 11.2. The first-order chi connectivity index (χ1) is 9.00. The number of rotatable bonds is 4. The lowest BCUT2D eigenvalue weighted by molar-refractivity contribution is 0.0697. The summed E-state index contributed by atoms with van der Waals surface area (Å²) in [5, 5.41) is 12.3. The molecule has 0 radical (unpaired) electrons. The van der Waals surface area contributed by atoms with E-state index in [1.807, 2.05) is 0 Å². The number of aromatic carboxylic acids is 1. The fraction of sp³-hybridized carbons (Fsp3) is 0.571. The summed E-state index contributed by atoms with van der Waals surface area (Å²) in [5.41, 5.74) is 6.32. The van der Waals surface area contributed by atoms with Crippen molar-refractivity contribution < 1.29 is 9.90 Å². The molecule has 0 aliphatic heterocycles. The molecular weight excluding hydrogens is 242 g/mol. The highest BCUT2D eigenvalue weighted by Crippen LogP contribution is 2.35. The Morgan fingerprint density at radius 3 is 2.79 bits per heavy atom. The van der Waals surface area contributed by atoms with Crippen LogP contribution in [0.3, 0.4) is 0 Å². The number of pyridine rings is 1. The van der Waals surface area contributed by atoms with Crippen LogP contribution in [0.2, 0.25) is 0 Å². The number of nitrogens with two attached hydrogens (primary N) is 1. The van der Waals surface area contributed by atoms with E-state index in [1.54, 1.807) is 0 Å². The van der Waals surface area contributed by atoms with E-state index in [2.05, 4.69) is 17.2 Å². The van der Waals surface area contributed by atoms with Gasteiger partial charge in [0.25, 0.3) is 0 Å². The molecule has 5 nitrogen and oxygen atoms in total. The number of hydrogen-bond acceptors (Lipinski definition) is 4. The lowest BCUT2D eigenvalue weighted by Gasteiger charge is -2.34. The average Bonchev–Trinajstić information content (AvgIpc) is 2.38. The van der Waals surface area contributed by atoms with Gasteiger partial charge in [-0.15, -0.1) is 0 Å². The third kappa shape index (κ3) is 3.36. The molecule has 1 fully saturated rings. The van der Waals surface area contributed by atoms with Crippen LogP contribution < -0.4 is 11.1 Å². The first kappa shape index (κ1) is 13.6. The maximum absolute atomic E-state index is 11.2.